The second kappa shape index (κ2) is 6.64. The Balaban J connectivity index is 2.40. The summed E-state index contributed by atoms with van der Waals surface area (Å²) in [5.41, 5.74) is 0.443. The Kier molecular flexibility index (Phi) is 5.15. The van der Waals surface area contributed by atoms with E-state index in [-0.39, 0.29) is 12.3 Å². The molecule has 0 aliphatic heterocycles. The third-order valence-electron chi connectivity index (χ3n) is 2.17. The van der Waals surface area contributed by atoms with Crippen LogP contribution in [0.2, 0.25) is 0 Å². The van der Waals surface area contributed by atoms with Gasteiger partial charge in [0.15, 0.2) is 11.6 Å². The number of nitrogens with one attached hydrogen (secondary N) is 1. The summed E-state index contributed by atoms with van der Waals surface area (Å²) in [7, 11) is 0. The minimum Gasteiger partial charge on any atom is -0.356 e. The van der Waals surface area contributed by atoms with Gasteiger partial charge in [0.25, 0.3) is 0 Å². The van der Waals surface area contributed by atoms with Gasteiger partial charge in [0.1, 0.15) is 0 Å². The zero-order valence-electron chi connectivity index (χ0n) is 9.30. The monoisotopic (exact) mass is 237 g/mol. The van der Waals surface area contributed by atoms with E-state index in [1.165, 1.54) is 6.07 Å². The Morgan fingerprint density at radius 3 is 2.76 bits per heavy atom. The first-order valence-electron chi connectivity index (χ1n) is 5.27. The van der Waals surface area contributed by atoms with Gasteiger partial charge in [0.2, 0.25) is 5.91 Å². The van der Waals surface area contributed by atoms with E-state index >= 15 is 0 Å². The van der Waals surface area contributed by atoms with Crippen molar-refractivity contribution >= 4 is 5.91 Å². The summed E-state index contributed by atoms with van der Waals surface area (Å²) in [4.78, 5) is 11.4. The molecule has 0 fully saturated rings. The maximum absolute atomic E-state index is 12.9. The molecule has 17 heavy (non-hydrogen) atoms. The van der Waals surface area contributed by atoms with Crippen molar-refractivity contribution in [2.45, 2.75) is 19.3 Å². The van der Waals surface area contributed by atoms with Gasteiger partial charge in [-0.3, -0.25) is 4.79 Å². The van der Waals surface area contributed by atoms with E-state index in [0.29, 0.717) is 24.9 Å². The number of hydrogen-bond acceptors (Lipinski definition) is 1. The minimum absolute atomic E-state index is 0.0350. The Morgan fingerprint density at radius 2 is 2.12 bits per heavy atom. The largest absolute Gasteiger partial charge is 0.356 e. The SMILES string of the molecule is C#CCCCNC(=O)Cc1ccc(F)c(F)c1. The van der Waals surface area contributed by atoms with Gasteiger partial charge in [-0.25, -0.2) is 8.78 Å². The summed E-state index contributed by atoms with van der Waals surface area (Å²) in [5.74, 6) is 0.378. The lowest BCUT2D eigenvalue weighted by Gasteiger charge is -2.04. The van der Waals surface area contributed by atoms with E-state index < -0.39 is 11.6 Å². The zero-order valence-corrected chi connectivity index (χ0v) is 9.30. The molecular weight excluding hydrogens is 224 g/mol. The van der Waals surface area contributed by atoms with Crippen LogP contribution in [0.1, 0.15) is 18.4 Å². The van der Waals surface area contributed by atoms with Crippen LogP contribution in [0, 0.1) is 24.0 Å². The first kappa shape index (κ1) is 13.2. The van der Waals surface area contributed by atoms with E-state index in [0.717, 1.165) is 12.1 Å². The van der Waals surface area contributed by atoms with Crippen LogP contribution in [0.25, 0.3) is 0 Å². The topological polar surface area (TPSA) is 29.1 Å². The molecule has 0 saturated carbocycles. The molecule has 0 bridgehead atoms. The number of rotatable bonds is 5. The molecule has 0 heterocycles. The number of carbonyl (C=O) groups excluding carboxylic acids is 1. The highest BCUT2D eigenvalue weighted by Gasteiger charge is 2.06. The summed E-state index contributed by atoms with van der Waals surface area (Å²) >= 11 is 0. The van der Waals surface area contributed by atoms with E-state index in [2.05, 4.69) is 11.2 Å². The third kappa shape index (κ3) is 4.64. The Hall–Kier alpha value is -1.89. The van der Waals surface area contributed by atoms with Crippen molar-refractivity contribution in [1.29, 1.82) is 0 Å². The van der Waals surface area contributed by atoms with Crippen LogP contribution in [0.15, 0.2) is 18.2 Å². The molecule has 1 amide bonds. The Labute approximate surface area is 99.0 Å². The van der Waals surface area contributed by atoms with E-state index in [4.69, 9.17) is 6.42 Å². The lowest BCUT2D eigenvalue weighted by Crippen LogP contribution is -2.26. The van der Waals surface area contributed by atoms with E-state index in [9.17, 15) is 13.6 Å². The molecule has 0 atom stereocenters. The number of hydrogen-bond donors (Lipinski definition) is 1. The van der Waals surface area contributed by atoms with Gasteiger partial charge in [-0.2, -0.15) is 0 Å². The number of amides is 1. The maximum atomic E-state index is 12.9. The smallest absolute Gasteiger partial charge is 0.224 e. The molecule has 0 aliphatic rings. The number of carbonyl (C=O) groups is 1. The highest BCUT2D eigenvalue weighted by molar-refractivity contribution is 5.78. The lowest BCUT2D eigenvalue weighted by molar-refractivity contribution is -0.120. The van der Waals surface area contributed by atoms with Crippen molar-refractivity contribution in [3.8, 4) is 12.3 Å². The average Bonchev–Trinajstić information content (AvgIpc) is 2.30. The maximum Gasteiger partial charge on any atom is 0.224 e. The first-order valence-corrected chi connectivity index (χ1v) is 5.27. The van der Waals surface area contributed by atoms with Crippen molar-refractivity contribution in [1.82, 2.24) is 5.32 Å². The summed E-state index contributed by atoms with van der Waals surface area (Å²) in [6.45, 7) is 0.493. The Morgan fingerprint density at radius 1 is 1.35 bits per heavy atom. The van der Waals surface area contributed by atoms with Gasteiger partial charge in [0.05, 0.1) is 6.42 Å². The highest BCUT2D eigenvalue weighted by atomic mass is 19.2. The molecule has 0 saturated heterocycles. The van der Waals surface area contributed by atoms with Gasteiger partial charge in [-0.1, -0.05) is 6.07 Å². The average molecular weight is 237 g/mol. The van der Waals surface area contributed by atoms with Crippen molar-refractivity contribution in [2.24, 2.45) is 0 Å². The van der Waals surface area contributed by atoms with Crippen molar-refractivity contribution < 1.29 is 13.6 Å². The molecule has 0 spiro atoms. The minimum atomic E-state index is -0.942. The molecule has 1 aromatic rings. The number of terminal acetylenes is 1. The van der Waals surface area contributed by atoms with Crippen LogP contribution in [0.5, 0.6) is 0 Å². The highest BCUT2D eigenvalue weighted by Crippen LogP contribution is 2.09. The van der Waals surface area contributed by atoms with E-state index in [1.54, 1.807) is 0 Å². The summed E-state index contributed by atoms with van der Waals surface area (Å²) in [6.07, 6.45) is 6.41. The number of unbranched alkanes of at least 4 members (excludes halogenated alkanes) is 1. The van der Waals surface area contributed by atoms with Crippen molar-refractivity contribution in [3.63, 3.8) is 0 Å². The molecule has 1 aromatic carbocycles. The Bertz CT molecular complexity index is 438. The van der Waals surface area contributed by atoms with Crippen LogP contribution in [0.3, 0.4) is 0 Å². The van der Waals surface area contributed by atoms with Crippen LogP contribution in [0.4, 0.5) is 8.78 Å². The first-order chi connectivity index (χ1) is 8.13. The number of benzene rings is 1. The fourth-order valence-corrected chi connectivity index (χ4v) is 1.32. The molecule has 0 radical (unpaired) electrons. The molecule has 4 heteroatoms. The number of halogens is 2. The molecule has 0 aromatic heterocycles. The molecule has 2 nitrogen and oxygen atoms in total. The predicted molar refractivity (Wildman–Crippen MR) is 61.1 cm³/mol. The standard InChI is InChI=1S/C13H13F2NO/c1-2-3-4-7-16-13(17)9-10-5-6-11(14)12(15)8-10/h1,5-6,8H,3-4,7,9H2,(H,16,17). The van der Waals surface area contributed by atoms with Gasteiger partial charge >= 0.3 is 0 Å². The molecule has 1 N–H and O–H groups in total. The third-order valence-corrected chi connectivity index (χ3v) is 2.17. The second-order valence-corrected chi connectivity index (χ2v) is 3.58. The molecule has 1 rings (SSSR count). The van der Waals surface area contributed by atoms with Crippen LogP contribution < -0.4 is 5.32 Å². The fourth-order valence-electron chi connectivity index (χ4n) is 1.32. The van der Waals surface area contributed by atoms with Crippen molar-refractivity contribution in [3.05, 3.63) is 35.4 Å². The molecule has 0 unspecified atom stereocenters. The summed E-state index contributed by atoms with van der Waals surface area (Å²) in [5, 5.41) is 2.65. The molecule has 90 valence electrons. The van der Waals surface area contributed by atoms with Gasteiger partial charge in [0, 0.05) is 13.0 Å². The lowest BCUT2D eigenvalue weighted by atomic mass is 10.1. The van der Waals surface area contributed by atoms with Crippen LogP contribution >= 0.6 is 0 Å². The molecule has 0 aliphatic carbocycles. The van der Waals surface area contributed by atoms with Crippen LogP contribution in [-0.2, 0) is 11.2 Å². The zero-order chi connectivity index (χ0) is 12.7. The summed E-state index contributed by atoms with van der Waals surface area (Å²) < 4.78 is 25.5. The normalized spacial score (nSPS) is 9.71. The molecular formula is C13H13F2NO. The van der Waals surface area contributed by atoms with Gasteiger partial charge in [-0.05, 0) is 24.1 Å². The second-order valence-electron chi connectivity index (χ2n) is 3.58. The summed E-state index contributed by atoms with van der Waals surface area (Å²) in [6, 6.07) is 3.42. The fraction of sp³-hybridized carbons (Fsp3) is 0.308. The van der Waals surface area contributed by atoms with Crippen LogP contribution in [-0.4, -0.2) is 12.5 Å². The van der Waals surface area contributed by atoms with E-state index in [1.807, 2.05) is 0 Å². The van der Waals surface area contributed by atoms with Gasteiger partial charge in [-0.15, -0.1) is 12.3 Å². The predicted octanol–water partition coefficient (Wildman–Crippen LogP) is 2.04. The van der Waals surface area contributed by atoms with Crippen molar-refractivity contribution in [2.75, 3.05) is 6.54 Å². The van der Waals surface area contributed by atoms with Gasteiger partial charge < -0.3 is 5.32 Å². The quantitative estimate of drug-likeness (QED) is 0.616.